The molecule has 0 unspecified atom stereocenters. The van der Waals surface area contributed by atoms with Crippen molar-refractivity contribution in [1.82, 2.24) is 0 Å². The summed E-state index contributed by atoms with van der Waals surface area (Å²) >= 11 is 0. The van der Waals surface area contributed by atoms with Gasteiger partial charge in [0.05, 0.1) is 18.2 Å². The van der Waals surface area contributed by atoms with Crippen LogP contribution in [0.25, 0.3) is 0 Å². The molecule has 192 valence electrons. The largest absolute Gasteiger partial charge is 0.492 e. The Morgan fingerprint density at radius 3 is 2.43 bits per heavy atom. The summed E-state index contributed by atoms with van der Waals surface area (Å²) in [4.78, 5) is 39.0. The fraction of sp³-hybridized carbons (Fsp3) is 0.276. The van der Waals surface area contributed by atoms with E-state index in [1.807, 2.05) is 39.0 Å². The lowest BCUT2D eigenvalue weighted by atomic mass is 10.1. The number of hydrogen-bond acceptors (Lipinski definition) is 6. The monoisotopic (exact) mass is 502 g/mol. The summed E-state index contributed by atoms with van der Waals surface area (Å²) in [6.07, 6.45) is 0.0223. The number of carbonyl (C=O) groups is 3. The number of nitrogens with zero attached hydrogens (tertiary/aromatic N) is 1. The van der Waals surface area contributed by atoms with E-state index in [0.29, 0.717) is 29.5 Å². The van der Waals surface area contributed by atoms with Gasteiger partial charge in [-0.05, 0) is 80.4 Å². The van der Waals surface area contributed by atoms with Crippen molar-refractivity contribution >= 4 is 29.2 Å². The predicted molar refractivity (Wildman–Crippen MR) is 140 cm³/mol. The number of nitrogens with one attached hydrogen (secondary N) is 1. The summed E-state index contributed by atoms with van der Waals surface area (Å²) in [5.74, 6) is 0.0159. The number of aryl methyl sites for hydroxylation is 2. The Morgan fingerprint density at radius 1 is 0.973 bits per heavy atom. The molecule has 8 nitrogen and oxygen atoms in total. The molecule has 1 fully saturated rings. The lowest BCUT2D eigenvalue weighted by Gasteiger charge is -2.17. The SMILES string of the molecule is CCOc1ccccc1NC(=O)COC(=O)[C@@H]1CC(=O)N(c2ccc(Oc3ccc(C)c(C)c3)cc2)C1. The Hall–Kier alpha value is -4.33. The molecule has 0 saturated carbocycles. The number of benzene rings is 3. The fourth-order valence-electron chi connectivity index (χ4n) is 4.01. The van der Waals surface area contributed by atoms with Gasteiger partial charge in [-0.25, -0.2) is 0 Å². The van der Waals surface area contributed by atoms with E-state index < -0.39 is 24.4 Å². The molecule has 0 aliphatic carbocycles. The normalized spacial score (nSPS) is 14.8. The van der Waals surface area contributed by atoms with Gasteiger partial charge in [-0.1, -0.05) is 18.2 Å². The van der Waals surface area contributed by atoms with Crippen molar-refractivity contribution in [2.24, 2.45) is 5.92 Å². The minimum Gasteiger partial charge on any atom is -0.492 e. The lowest BCUT2D eigenvalue weighted by Crippen LogP contribution is -2.28. The molecular weight excluding hydrogens is 472 g/mol. The molecule has 4 rings (SSSR count). The van der Waals surface area contributed by atoms with E-state index >= 15 is 0 Å². The average molecular weight is 503 g/mol. The van der Waals surface area contributed by atoms with Gasteiger partial charge in [0.1, 0.15) is 17.2 Å². The zero-order valence-electron chi connectivity index (χ0n) is 21.2. The van der Waals surface area contributed by atoms with Crippen molar-refractivity contribution < 1.29 is 28.6 Å². The highest BCUT2D eigenvalue weighted by Gasteiger charge is 2.36. The minimum atomic E-state index is -0.650. The van der Waals surface area contributed by atoms with Gasteiger partial charge >= 0.3 is 5.97 Å². The third-order valence-corrected chi connectivity index (χ3v) is 6.13. The number of ether oxygens (including phenoxy) is 3. The second kappa shape index (κ2) is 11.6. The Kier molecular flexibility index (Phi) is 8.08. The molecule has 1 heterocycles. The summed E-state index contributed by atoms with van der Waals surface area (Å²) in [5.41, 5.74) is 3.49. The van der Waals surface area contributed by atoms with Crippen LogP contribution in [0.1, 0.15) is 24.5 Å². The minimum absolute atomic E-state index is 0.0223. The molecule has 0 radical (unpaired) electrons. The fourth-order valence-corrected chi connectivity index (χ4v) is 4.01. The van der Waals surface area contributed by atoms with Crippen molar-refractivity contribution in [2.45, 2.75) is 27.2 Å². The maximum Gasteiger partial charge on any atom is 0.311 e. The van der Waals surface area contributed by atoms with Crippen molar-refractivity contribution in [3.63, 3.8) is 0 Å². The lowest BCUT2D eigenvalue weighted by molar-refractivity contribution is -0.151. The second-order valence-electron chi connectivity index (χ2n) is 8.83. The van der Waals surface area contributed by atoms with Gasteiger partial charge in [0.2, 0.25) is 5.91 Å². The highest BCUT2D eigenvalue weighted by molar-refractivity contribution is 6.00. The topological polar surface area (TPSA) is 94.2 Å². The zero-order valence-corrected chi connectivity index (χ0v) is 21.2. The zero-order chi connectivity index (χ0) is 26.4. The van der Waals surface area contributed by atoms with Crippen LogP contribution in [0.2, 0.25) is 0 Å². The van der Waals surface area contributed by atoms with Crippen molar-refractivity contribution in [3.8, 4) is 17.2 Å². The Bertz CT molecular complexity index is 1290. The second-order valence-corrected chi connectivity index (χ2v) is 8.83. The van der Waals surface area contributed by atoms with Crippen LogP contribution in [0.3, 0.4) is 0 Å². The maximum atomic E-state index is 12.6. The van der Waals surface area contributed by atoms with Crippen LogP contribution in [0.5, 0.6) is 17.2 Å². The number of esters is 1. The van der Waals surface area contributed by atoms with Crippen LogP contribution in [-0.4, -0.2) is 37.5 Å². The van der Waals surface area contributed by atoms with Gasteiger partial charge in [-0.2, -0.15) is 0 Å². The molecule has 0 spiro atoms. The number of rotatable bonds is 9. The van der Waals surface area contributed by atoms with Gasteiger partial charge in [-0.15, -0.1) is 0 Å². The molecule has 0 aromatic heterocycles. The first-order chi connectivity index (χ1) is 17.8. The van der Waals surface area contributed by atoms with E-state index in [1.165, 1.54) is 5.56 Å². The number of amides is 2. The highest BCUT2D eigenvalue weighted by atomic mass is 16.5. The number of hydrogen-bond donors (Lipinski definition) is 1. The van der Waals surface area contributed by atoms with Crippen molar-refractivity contribution in [1.29, 1.82) is 0 Å². The Balaban J connectivity index is 1.30. The van der Waals surface area contributed by atoms with Gasteiger partial charge < -0.3 is 24.4 Å². The highest BCUT2D eigenvalue weighted by Crippen LogP contribution is 2.30. The van der Waals surface area contributed by atoms with E-state index in [9.17, 15) is 14.4 Å². The molecule has 1 aliphatic rings. The summed E-state index contributed by atoms with van der Waals surface area (Å²) in [7, 11) is 0. The van der Waals surface area contributed by atoms with Crippen LogP contribution in [0.4, 0.5) is 11.4 Å². The summed E-state index contributed by atoms with van der Waals surface area (Å²) in [6.45, 7) is 6.11. The molecule has 3 aromatic rings. The average Bonchev–Trinajstić information content (AvgIpc) is 3.28. The van der Waals surface area contributed by atoms with E-state index in [0.717, 1.165) is 11.3 Å². The number of carbonyl (C=O) groups excluding carboxylic acids is 3. The summed E-state index contributed by atoms with van der Waals surface area (Å²) < 4.78 is 16.6. The molecule has 1 N–H and O–H groups in total. The third-order valence-electron chi connectivity index (χ3n) is 6.13. The summed E-state index contributed by atoms with van der Waals surface area (Å²) in [5, 5.41) is 2.68. The van der Waals surface area contributed by atoms with Crippen LogP contribution in [0, 0.1) is 19.8 Å². The number of anilines is 2. The molecule has 8 heteroatoms. The van der Waals surface area contributed by atoms with Crippen LogP contribution >= 0.6 is 0 Å². The number of para-hydroxylation sites is 2. The predicted octanol–water partition coefficient (Wildman–Crippen LogP) is 5.03. The first-order valence-corrected chi connectivity index (χ1v) is 12.2. The molecule has 1 saturated heterocycles. The van der Waals surface area contributed by atoms with Crippen molar-refractivity contribution in [2.75, 3.05) is 30.0 Å². The van der Waals surface area contributed by atoms with Gasteiger partial charge in [-0.3, -0.25) is 14.4 Å². The van der Waals surface area contributed by atoms with Crippen LogP contribution in [-0.2, 0) is 19.1 Å². The van der Waals surface area contributed by atoms with Crippen LogP contribution in [0.15, 0.2) is 66.7 Å². The van der Waals surface area contributed by atoms with E-state index in [-0.39, 0.29) is 18.9 Å². The van der Waals surface area contributed by atoms with E-state index in [2.05, 4.69) is 5.32 Å². The molecule has 1 atom stereocenters. The molecule has 37 heavy (non-hydrogen) atoms. The van der Waals surface area contributed by atoms with Crippen LogP contribution < -0.4 is 19.7 Å². The maximum absolute atomic E-state index is 12.6. The molecular formula is C29H30N2O6. The van der Waals surface area contributed by atoms with Gasteiger partial charge in [0, 0.05) is 18.7 Å². The van der Waals surface area contributed by atoms with E-state index in [4.69, 9.17) is 14.2 Å². The molecule has 3 aromatic carbocycles. The molecule has 0 bridgehead atoms. The first-order valence-electron chi connectivity index (χ1n) is 12.2. The molecule has 2 amide bonds. The van der Waals surface area contributed by atoms with Crippen molar-refractivity contribution in [3.05, 3.63) is 77.9 Å². The first kappa shape index (κ1) is 25.8. The standard InChI is InChI=1S/C29H30N2O6/c1-4-35-26-8-6-5-7-25(26)30-27(32)18-36-29(34)21-16-28(33)31(17-21)22-10-13-23(14-11-22)37-24-12-9-19(2)20(3)15-24/h5-15,21H,4,16-18H2,1-3H3,(H,30,32)/t21-/m1/s1. The quantitative estimate of drug-likeness (QED) is 0.413. The van der Waals surface area contributed by atoms with E-state index in [1.54, 1.807) is 53.4 Å². The summed E-state index contributed by atoms with van der Waals surface area (Å²) in [6, 6.07) is 20.0. The van der Waals surface area contributed by atoms with Gasteiger partial charge in [0.15, 0.2) is 6.61 Å². The third kappa shape index (κ3) is 6.46. The Labute approximate surface area is 216 Å². The molecule has 1 aliphatic heterocycles. The Morgan fingerprint density at radius 2 is 1.70 bits per heavy atom. The smallest absolute Gasteiger partial charge is 0.311 e. The van der Waals surface area contributed by atoms with Gasteiger partial charge in [0.25, 0.3) is 5.91 Å².